The molecule has 23 heavy (non-hydrogen) atoms. The van der Waals surface area contributed by atoms with Gasteiger partial charge in [0.05, 0.1) is 0 Å². The van der Waals surface area contributed by atoms with Crippen LogP contribution in [-0.4, -0.2) is 58.1 Å². The van der Waals surface area contributed by atoms with E-state index in [-0.39, 0.29) is 24.1 Å². The van der Waals surface area contributed by atoms with Crippen molar-refractivity contribution < 1.29 is 19.8 Å². The monoisotopic (exact) mass is 338 g/mol. The number of carboxylic acids is 1. The zero-order valence-corrected chi connectivity index (χ0v) is 13.6. The van der Waals surface area contributed by atoms with Gasteiger partial charge in [-0.1, -0.05) is 11.6 Å². The number of hydrogen-bond donors (Lipinski definition) is 2. The summed E-state index contributed by atoms with van der Waals surface area (Å²) in [4.78, 5) is 27.1. The summed E-state index contributed by atoms with van der Waals surface area (Å²) in [5.74, 6) is -0.880. The number of carbonyl (C=O) groups excluding carboxylic acids is 1. The molecule has 0 aliphatic carbocycles. The van der Waals surface area contributed by atoms with E-state index in [2.05, 4.69) is 0 Å². The molecular weight excluding hydrogens is 320 g/mol. The fourth-order valence-electron chi connectivity index (χ4n) is 3.75. The minimum Gasteiger partial charge on any atom is -0.508 e. The highest BCUT2D eigenvalue weighted by atomic mass is 35.5. The molecule has 1 aromatic rings. The standard InChI is InChI=1S/C16H19ClN2O4/c1-10(20)19-7-12-6-18(8-16(12,9-19)15(22)23)5-11-4-13(17)2-3-14(11)21/h2-4,12,21H,5-9H2,1H3,(H,22,23)/t12-,16-/m1/s1. The van der Waals surface area contributed by atoms with Crippen molar-refractivity contribution >= 4 is 23.5 Å². The van der Waals surface area contributed by atoms with Gasteiger partial charge in [-0.2, -0.15) is 0 Å². The molecule has 7 heteroatoms. The van der Waals surface area contributed by atoms with Crippen LogP contribution in [0.4, 0.5) is 0 Å². The number of aliphatic carboxylic acids is 1. The molecule has 0 spiro atoms. The number of carboxylic acid groups (broad SMARTS) is 1. The van der Waals surface area contributed by atoms with Crippen LogP contribution in [0, 0.1) is 11.3 Å². The van der Waals surface area contributed by atoms with Crippen LogP contribution in [0.15, 0.2) is 18.2 Å². The van der Waals surface area contributed by atoms with Crippen LogP contribution < -0.4 is 0 Å². The van der Waals surface area contributed by atoms with E-state index < -0.39 is 11.4 Å². The highest BCUT2D eigenvalue weighted by Crippen LogP contribution is 2.43. The fraction of sp³-hybridized carbons (Fsp3) is 0.500. The van der Waals surface area contributed by atoms with Gasteiger partial charge in [0.25, 0.3) is 0 Å². The lowest BCUT2D eigenvalue weighted by Gasteiger charge is -2.25. The maximum absolute atomic E-state index is 11.9. The van der Waals surface area contributed by atoms with Gasteiger partial charge in [-0.3, -0.25) is 14.5 Å². The van der Waals surface area contributed by atoms with E-state index in [4.69, 9.17) is 11.6 Å². The summed E-state index contributed by atoms with van der Waals surface area (Å²) >= 11 is 5.96. The Morgan fingerprint density at radius 1 is 1.35 bits per heavy atom. The second-order valence-corrected chi connectivity index (χ2v) is 6.94. The lowest BCUT2D eigenvalue weighted by atomic mass is 9.81. The predicted octanol–water partition coefficient (Wildman–Crippen LogP) is 1.41. The van der Waals surface area contributed by atoms with Gasteiger partial charge in [-0.25, -0.2) is 0 Å². The van der Waals surface area contributed by atoms with Crippen LogP contribution in [0.2, 0.25) is 5.02 Å². The Hall–Kier alpha value is -1.79. The van der Waals surface area contributed by atoms with E-state index in [1.807, 2.05) is 4.90 Å². The summed E-state index contributed by atoms with van der Waals surface area (Å²) in [6.45, 7) is 3.58. The molecule has 2 heterocycles. The van der Waals surface area contributed by atoms with Crippen molar-refractivity contribution in [2.24, 2.45) is 11.3 Å². The number of benzene rings is 1. The lowest BCUT2D eigenvalue weighted by molar-refractivity contribution is -0.149. The summed E-state index contributed by atoms with van der Waals surface area (Å²) in [5, 5.41) is 20.2. The number of amides is 1. The molecule has 0 aromatic heterocycles. The predicted molar refractivity (Wildman–Crippen MR) is 84.2 cm³/mol. The molecule has 0 saturated carbocycles. The smallest absolute Gasteiger partial charge is 0.313 e. The number of fused-ring (bicyclic) bond motifs is 1. The number of phenolic OH excluding ortho intramolecular Hbond substituents is 1. The molecule has 3 rings (SSSR count). The molecule has 0 unspecified atom stereocenters. The largest absolute Gasteiger partial charge is 0.508 e. The number of rotatable bonds is 3. The second kappa shape index (κ2) is 5.69. The number of carbonyl (C=O) groups is 2. The van der Waals surface area contributed by atoms with Gasteiger partial charge in [0, 0.05) is 56.2 Å². The van der Waals surface area contributed by atoms with Crippen molar-refractivity contribution in [3.8, 4) is 5.75 Å². The third-order valence-electron chi connectivity index (χ3n) is 4.99. The van der Waals surface area contributed by atoms with Crippen LogP contribution >= 0.6 is 11.6 Å². The minimum absolute atomic E-state index is 0.0842. The first-order chi connectivity index (χ1) is 10.8. The molecule has 2 N–H and O–H groups in total. The minimum atomic E-state index is -0.917. The quantitative estimate of drug-likeness (QED) is 0.871. The van der Waals surface area contributed by atoms with E-state index in [1.165, 1.54) is 6.92 Å². The Morgan fingerprint density at radius 3 is 2.70 bits per heavy atom. The maximum Gasteiger partial charge on any atom is 0.313 e. The number of likely N-dealkylation sites (tertiary alicyclic amines) is 2. The van der Waals surface area contributed by atoms with Crippen LogP contribution in [0.5, 0.6) is 5.75 Å². The molecule has 0 radical (unpaired) electrons. The fourth-order valence-corrected chi connectivity index (χ4v) is 3.95. The van der Waals surface area contributed by atoms with E-state index in [9.17, 15) is 19.8 Å². The van der Waals surface area contributed by atoms with Crippen LogP contribution in [0.25, 0.3) is 0 Å². The molecule has 124 valence electrons. The SMILES string of the molecule is CC(=O)N1C[C@H]2CN(Cc3cc(Cl)ccc3O)C[C@@]2(C(=O)O)C1. The average molecular weight is 339 g/mol. The van der Waals surface area contributed by atoms with Crippen molar-refractivity contribution in [3.05, 3.63) is 28.8 Å². The molecule has 2 fully saturated rings. The Bertz CT molecular complexity index is 665. The summed E-state index contributed by atoms with van der Waals surface area (Å²) in [7, 11) is 0. The molecule has 1 aromatic carbocycles. The average Bonchev–Trinajstić information content (AvgIpc) is 2.97. The van der Waals surface area contributed by atoms with Crippen molar-refractivity contribution in [1.29, 1.82) is 0 Å². The molecule has 2 aliphatic heterocycles. The number of hydrogen-bond acceptors (Lipinski definition) is 4. The number of phenols is 1. The van der Waals surface area contributed by atoms with E-state index in [1.54, 1.807) is 23.1 Å². The highest BCUT2D eigenvalue weighted by Gasteiger charge is 2.58. The Kier molecular flexibility index (Phi) is 3.98. The van der Waals surface area contributed by atoms with E-state index in [0.717, 1.165) is 0 Å². The third kappa shape index (κ3) is 2.77. The molecule has 2 saturated heterocycles. The molecule has 2 atom stereocenters. The van der Waals surface area contributed by atoms with Crippen LogP contribution in [-0.2, 0) is 16.1 Å². The second-order valence-electron chi connectivity index (χ2n) is 6.50. The van der Waals surface area contributed by atoms with Gasteiger partial charge >= 0.3 is 5.97 Å². The Balaban J connectivity index is 1.78. The first-order valence-corrected chi connectivity index (χ1v) is 7.88. The Labute approximate surface area is 139 Å². The normalized spacial score (nSPS) is 27.2. The highest BCUT2D eigenvalue weighted by molar-refractivity contribution is 6.30. The summed E-state index contributed by atoms with van der Waals surface area (Å²) in [6.07, 6.45) is 0. The lowest BCUT2D eigenvalue weighted by Crippen LogP contribution is -2.41. The zero-order valence-electron chi connectivity index (χ0n) is 12.8. The molecule has 2 aliphatic rings. The summed E-state index contributed by atoms with van der Waals surface area (Å²) < 4.78 is 0. The van der Waals surface area contributed by atoms with Gasteiger partial charge in [0.2, 0.25) is 5.91 Å². The van der Waals surface area contributed by atoms with E-state index in [0.29, 0.717) is 36.8 Å². The maximum atomic E-state index is 11.9. The molecule has 6 nitrogen and oxygen atoms in total. The van der Waals surface area contributed by atoms with Crippen molar-refractivity contribution in [2.45, 2.75) is 13.5 Å². The van der Waals surface area contributed by atoms with Gasteiger partial charge in [0.1, 0.15) is 11.2 Å². The van der Waals surface area contributed by atoms with Gasteiger partial charge in [-0.05, 0) is 18.2 Å². The summed E-state index contributed by atoms with van der Waals surface area (Å²) in [5.41, 5.74) is -0.235. The van der Waals surface area contributed by atoms with Gasteiger partial charge in [-0.15, -0.1) is 0 Å². The van der Waals surface area contributed by atoms with Gasteiger partial charge < -0.3 is 15.1 Å². The van der Waals surface area contributed by atoms with Crippen LogP contribution in [0.3, 0.4) is 0 Å². The molecular formula is C16H19ClN2O4. The van der Waals surface area contributed by atoms with E-state index >= 15 is 0 Å². The van der Waals surface area contributed by atoms with Gasteiger partial charge in [0.15, 0.2) is 0 Å². The number of halogens is 1. The topological polar surface area (TPSA) is 81.1 Å². The first-order valence-electron chi connectivity index (χ1n) is 7.50. The van der Waals surface area contributed by atoms with Crippen molar-refractivity contribution in [3.63, 3.8) is 0 Å². The summed E-state index contributed by atoms with van der Waals surface area (Å²) in [6, 6.07) is 4.85. The van der Waals surface area contributed by atoms with Crippen LogP contribution in [0.1, 0.15) is 12.5 Å². The zero-order chi connectivity index (χ0) is 16.8. The first kappa shape index (κ1) is 16.1. The van der Waals surface area contributed by atoms with Crippen molar-refractivity contribution in [1.82, 2.24) is 9.80 Å². The third-order valence-corrected chi connectivity index (χ3v) is 5.22. The molecule has 0 bridgehead atoms. The van der Waals surface area contributed by atoms with Crippen molar-refractivity contribution in [2.75, 3.05) is 26.2 Å². The Morgan fingerprint density at radius 2 is 2.09 bits per heavy atom. The molecule has 1 amide bonds. The number of aromatic hydroxyl groups is 1. The number of nitrogens with zero attached hydrogens (tertiary/aromatic N) is 2.